The van der Waals surface area contributed by atoms with Crippen molar-refractivity contribution < 1.29 is 4.79 Å². The summed E-state index contributed by atoms with van der Waals surface area (Å²) in [6.07, 6.45) is 26.8. The van der Waals surface area contributed by atoms with Crippen molar-refractivity contribution in [2.24, 2.45) is 0 Å². The van der Waals surface area contributed by atoms with Crippen LogP contribution in [0.3, 0.4) is 0 Å². The van der Waals surface area contributed by atoms with Crippen LogP contribution in [0, 0.1) is 0 Å². The minimum atomic E-state index is 0.728. The highest BCUT2D eigenvalue weighted by molar-refractivity contribution is 5.48. The van der Waals surface area contributed by atoms with Gasteiger partial charge in [-0.1, -0.05) is 74.8 Å². The number of rotatable bonds is 12. The second-order valence-corrected chi connectivity index (χ2v) is 4.55. The minimum absolute atomic E-state index is 0.728. The molecule has 0 amide bonds. The third kappa shape index (κ3) is 16.6. The highest BCUT2D eigenvalue weighted by Gasteiger charge is 1.88. The first-order valence-electron chi connectivity index (χ1n) is 7.50. The van der Waals surface area contributed by atoms with Gasteiger partial charge in [0.25, 0.3) is 0 Å². The zero-order valence-corrected chi connectivity index (χ0v) is 12.3. The zero-order valence-electron chi connectivity index (χ0n) is 12.3. The van der Waals surface area contributed by atoms with Crippen LogP contribution in [0.4, 0.5) is 0 Å². The van der Waals surface area contributed by atoms with Crippen LogP contribution in [-0.2, 0) is 4.79 Å². The van der Waals surface area contributed by atoms with Gasteiger partial charge in [0.05, 0.1) is 0 Å². The molecule has 0 saturated carbocycles. The molecule has 0 heterocycles. The monoisotopic (exact) mass is 260 g/mol. The second kappa shape index (κ2) is 16.6. The lowest BCUT2D eigenvalue weighted by Crippen LogP contribution is -1.79. The van der Waals surface area contributed by atoms with Crippen molar-refractivity contribution in [2.75, 3.05) is 0 Å². The Balaban J connectivity index is 3.33. The summed E-state index contributed by atoms with van der Waals surface area (Å²) in [6, 6.07) is 0. The summed E-state index contributed by atoms with van der Waals surface area (Å²) in [5.41, 5.74) is 0. The number of hydrogen-bond donors (Lipinski definition) is 0. The molecule has 0 unspecified atom stereocenters. The number of aldehydes is 1. The Bertz CT molecular complexity index is 295. The Hall–Kier alpha value is -1.37. The van der Waals surface area contributed by atoms with E-state index in [4.69, 9.17) is 0 Å². The normalized spacial score (nSPS) is 12.5. The molecule has 0 aliphatic carbocycles. The number of carbonyl (C=O) groups is 1. The molecular formula is C18H28O. The maximum atomic E-state index is 10.1. The lowest BCUT2D eigenvalue weighted by molar-refractivity contribution is -0.107. The van der Waals surface area contributed by atoms with Gasteiger partial charge < -0.3 is 4.79 Å². The van der Waals surface area contributed by atoms with Crippen LogP contribution in [0.2, 0.25) is 0 Å². The van der Waals surface area contributed by atoms with E-state index in [2.05, 4.69) is 43.4 Å². The predicted octanol–water partition coefficient (Wildman–Crippen LogP) is 5.55. The topological polar surface area (TPSA) is 17.1 Å². The predicted molar refractivity (Wildman–Crippen MR) is 85.2 cm³/mol. The molecule has 106 valence electrons. The van der Waals surface area contributed by atoms with Crippen LogP contribution in [0.25, 0.3) is 0 Å². The first kappa shape index (κ1) is 17.6. The van der Waals surface area contributed by atoms with Gasteiger partial charge in [0.15, 0.2) is 0 Å². The van der Waals surface area contributed by atoms with Crippen molar-refractivity contribution in [1.82, 2.24) is 0 Å². The summed E-state index contributed by atoms with van der Waals surface area (Å²) in [6.45, 7) is 2.13. The molecule has 0 atom stereocenters. The lowest BCUT2D eigenvalue weighted by atomic mass is 10.1. The maximum Gasteiger partial charge on any atom is 0.119 e. The first-order valence-corrected chi connectivity index (χ1v) is 7.50. The molecule has 0 bridgehead atoms. The molecule has 0 saturated heterocycles. The van der Waals surface area contributed by atoms with E-state index in [9.17, 15) is 4.79 Å². The fraction of sp³-hybridized carbons (Fsp3) is 0.500. The fourth-order valence-corrected chi connectivity index (χ4v) is 1.67. The highest BCUT2D eigenvalue weighted by atomic mass is 16.1. The summed E-state index contributed by atoms with van der Waals surface area (Å²) in [5.74, 6) is 0. The van der Waals surface area contributed by atoms with Gasteiger partial charge >= 0.3 is 0 Å². The van der Waals surface area contributed by atoms with Crippen LogP contribution in [0.1, 0.15) is 58.3 Å². The molecule has 0 aliphatic rings. The fourth-order valence-electron chi connectivity index (χ4n) is 1.67. The quantitative estimate of drug-likeness (QED) is 0.255. The van der Waals surface area contributed by atoms with Crippen molar-refractivity contribution >= 4 is 6.29 Å². The number of unbranched alkanes of at least 4 members (excludes halogenated alkanes) is 6. The molecule has 0 aliphatic heterocycles. The van der Waals surface area contributed by atoms with Crippen molar-refractivity contribution in [3.05, 3.63) is 48.6 Å². The van der Waals surface area contributed by atoms with Crippen LogP contribution in [0.15, 0.2) is 48.6 Å². The first-order chi connectivity index (χ1) is 9.41. The van der Waals surface area contributed by atoms with Crippen LogP contribution < -0.4 is 0 Å². The number of hydrogen-bond acceptors (Lipinski definition) is 1. The largest absolute Gasteiger partial charge is 0.303 e. The lowest BCUT2D eigenvalue weighted by Gasteiger charge is -1.96. The molecule has 19 heavy (non-hydrogen) atoms. The second-order valence-electron chi connectivity index (χ2n) is 4.55. The van der Waals surface area contributed by atoms with Crippen molar-refractivity contribution in [2.45, 2.75) is 58.3 Å². The summed E-state index contributed by atoms with van der Waals surface area (Å²) in [5, 5.41) is 0. The maximum absolute atomic E-state index is 10.1. The van der Waals surface area contributed by atoms with Crippen LogP contribution in [-0.4, -0.2) is 6.29 Å². The Morgan fingerprint density at radius 2 is 1.16 bits per heavy atom. The summed E-state index contributed by atoms with van der Waals surface area (Å²) in [7, 11) is 0. The average Bonchev–Trinajstić information content (AvgIpc) is 2.43. The van der Waals surface area contributed by atoms with Gasteiger partial charge in [-0.15, -0.1) is 0 Å². The van der Waals surface area contributed by atoms with Gasteiger partial charge in [-0.3, -0.25) is 0 Å². The SMILES string of the molecule is CCC=CC=CC=CC=CCCCCCCCC=O. The molecular weight excluding hydrogens is 232 g/mol. The van der Waals surface area contributed by atoms with Crippen LogP contribution in [0.5, 0.6) is 0 Å². The van der Waals surface area contributed by atoms with Crippen LogP contribution >= 0.6 is 0 Å². The molecule has 0 N–H and O–H groups in total. The van der Waals surface area contributed by atoms with E-state index in [0.29, 0.717) is 0 Å². The Morgan fingerprint density at radius 3 is 1.79 bits per heavy atom. The molecule has 0 aromatic carbocycles. The van der Waals surface area contributed by atoms with E-state index in [0.717, 1.165) is 32.0 Å². The van der Waals surface area contributed by atoms with Gasteiger partial charge in [-0.25, -0.2) is 0 Å². The third-order valence-corrected chi connectivity index (χ3v) is 2.76. The van der Waals surface area contributed by atoms with E-state index < -0.39 is 0 Å². The van der Waals surface area contributed by atoms with E-state index in [1.165, 1.54) is 25.7 Å². The Morgan fingerprint density at radius 1 is 0.632 bits per heavy atom. The number of allylic oxidation sites excluding steroid dienone is 8. The molecule has 0 rings (SSSR count). The van der Waals surface area contributed by atoms with E-state index >= 15 is 0 Å². The number of carbonyl (C=O) groups excluding carboxylic acids is 1. The summed E-state index contributed by atoms with van der Waals surface area (Å²) >= 11 is 0. The van der Waals surface area contributed by atoms with Crippen molar-refractivity contribution in [3.8, 4) is 0 Å². The molecule has 0 fully saturated rings. The van der Waals surface area contributed by atoms with E-state index in [1.54, 1.807) is 0 Å². The average molecular weight is 260 g/mol. The van der Waals surface area contributed by atoms with Gasteiger partial charge in [-0.05, 0) is 25.7 Å². The standard InChI is InChI=1S/C18H28O/c1-2-3-4-5-6-7-8-9-10-11-12-13-14-15-16-17-18-19/h3-10,18H,2,11-17H2,1H3. The van der Waals surface area contributed by atoms with E-state index in [-0.39, 0.29) is 0 Å². The van der Waals surface area contributed by atoms with Gasteiger partial charge in [0.2, 0.25) is 0 Å². The summed E-state index contributed by atoms with van der Waals surface area (Å²) in [4.78, 5) is 10.1. The molecule has 0 radical (unpaired) electrons. The molecule has 0 aromatic rings. The third-order valence-electron chi connectivity index (χ3n) is 2.76. The minimum Gasteiger partial charge on any atom is -0.303 e. The van der Waals surface area contributed by atoms with Gasteiger partial charge in [0.1, 0.15) is 6.29 Å². The van der Waals surface area contributed by atoms with Gasteiger partial charge in [0, 0.05) is 6.42 Å². The summed E-state index contributed by atoms with van der Waals surface area (Å²) < 4.78 is 0. The molecule has 1 nitrogen and oxygen atoms in total. The van der Waals surface area contributed by atoms with Crippen molar-refractivity contribution in [3.63, 3.8) is 0 Å². The Kier molecular flexibility index (Phi) is 15.4. The Labute approximate surface area is 118 Å². The smallest absolute Gasteiger partial charge is 0.119 e. The van der Waals surface area contributed by atoms with E-state index in [1.807, 2.05) is 12.2 Å². The van der Waals surface area contributed by atoms with Crippen molar-refractivity contribution in [1.29, 1.82) is 0 Å². The molecule has 0 aromatic heterocycles. The zero-order chi connectivity index (χ0) is 14.0. The van der Waals surface area contributed by atoms with Gasteiger partial charge in [-0.2, -0.15) is 0 Å². The molecule has 1 heteroatoms. The highest BCUT2D eigenvalue weighted by Crippen LogP contribution is 2.06. The molecule has 0 spiro atoms.